The van der Waals surface area contributed by atoms with Gasteiger partial charge in [-0.25, -0.2) is 9.78 Å². The Morgan fingerprint density at radius 1 is 1.45 bits per heavy atom. The number of aromatic carboxylic acids is 1. The molecular weight excluding hydrogens is 346 g/mol. The van der Waals surface area contributed by atoms with Crippen LogP contribution in [0.5, 0.6) is 0 Å². The molecule has 104 valence electrons. The van der Waals surface area contributed by atoms with Gasteiger partial charge in [0.2, 0.25) is 0 Å². The number of nitrogens with zero attached hydrogens (tertiary/aromatic N) is 1. The Hall–Kier alpha value is -1.80. The zero-order chi connectivity index (χ0) is 14.7. The highest BCUT2D eigenvalue weighted by Crippen LogP contribution is 2.25. The third-order valence-corrected chi connectivity index (χ3v) is 4.06. The Balaban J connectivity index is 2.14. The second-order valence-electron chi connectivity index (χ2n) is 3.88. The fourth-order valence-corrected chi connectivity index (χ4v) is 3.06. The molecule has 0 spiro atoms. The highest BCUT2D eigenvalue weighted by molar-refractivity contribution is 9.10. The molecule has 6 nitrogen and oxygen atoms in total. The first-order chi connectivity index (χ1) is 9.45. The van der Waals surface area contributed by atoms with Gasteiger partial charge in [-0.15, -0.1) is 0 Å². The van der Waals surface area contributed by atoms with E-state index in [9.17, 15) is 9.59 Å². The number of carboxylic acids is 1. The van der Waals surface area contributed by atoms with Gasteiger partial charge in [0.05, 0.1) is 5.56 Å². The molecule has 0 saturated carbocycles. The van der Waals surface area contributed by atoms with Crippen molar-refractivity contribution in [2.75, 3.05) is 5.73 Å². The summed E-state index contributed by atoms with van der Waals surface area (Å²) in [6.45, 7) is 0. The van der Waals surface area contributed by atoms with Crippen molar-refractivity contribution in [2.45, 2.75) is 10.9 Å². The summed E-state index contributed by atoms with van der Waals surface area (Å²) in [5.74, 6) is -0.296. The smallest absolute Gasteiger partial charge is 0.335 e. The van der Waals surface area contributed by atoms with Crippen LogP contribution in [0.1, 0.15) is 15.9 Å². The number of rotatable bonds is 4. The number of aromatic amines is 1. The number of carboxylic acid groups (broad SMARTS) is 1. The number of aromatic nitrogens is 2. The number of hydrogen-bond donors (Lipinski definition) is 3. The van der Waals surface area contributed by atoms with Gasteiger partial charge in [-0.3, -0.25) is 4.79 Å². The number of halogens is 1. The molecule has 0 aliphatic heterocycles. The lowest BCUT2D eigenvalue weighted by atomic mass is 10.1. The standard InChI is InChI=1S/C12H10BrN3O3S/c13-8-3-6(11(18)19)1-2-7(8)5-20-12-15-9(14)4-10(17)16-12/h1-4H,5H2,(H,18,19)(H3,14,15,16,17). The molecule has 0 atom stereocenters. The number of H-pyrrole nitrogens is 1. The Morgan fingerprint density at radius 3 is 2.80 bits per heavy atom. The second-order valence-corrected chi connectivity index (χ2v) is 5.69. The maximum Gasteiger partial charge on any atom is 0.335 e. The average Bonchev–Trinajstić information content (AvgIpc) is 2.36. The van der Waals surface area contributed by atoms with Gasteiger partial charge in [0, 0.05) is 16.3 Å². The molecule has 20 heavy (non-hydrogen) atoms. The first-order valence-corrected chi connectivity index (χ1v) is 7.25. The summed E-state index contributed by atoms with van der Waals surface area (Å²) in [7, 11) is 0. The van der Waals surface area contributed by atoms with Crippen molar-refractivity contribution in [3.8, 4) is 0 Å². The molecule has 0 aliphatic rings. The van der Waals surface area contributed by atoms with Gasteiger partial charge in [-0.1, -0.05) is 33.8 Å². The van der Waals surface area contributed by atoms with Gasteiger partial charge >= 0.3 is 5.97 Å². The lowest BCUT2D eigenvalue weighted by Gasteiger charge is -2.05. The number of nitrogens with one attached hydrogen (secondary N) is 1. The molecule has 0 saturated heterocycles. The van der Waals surface area contributed by atoms with Gasteiger partial charge in [0.1, 0.15) is 5.82 Å². The summed E-state index contributed by atoms with van der Waals surface area (Å²) in [5, 5.41) is 9.30. The molecule has 4 N–H and O–H groups in total. The Bertz CT molecular complexity index is 717. The Labute approximate surface area is 126 Å². The van der Waals surface area contributed by atoms with Gasteiger partial charge in [0.25, 0.3) is 5.56 Å². The monoisotopic (exact) mass is 355 g/mol. The van der Waals surface area contributed by atoms with E-state index in [-0.39, 0.29) is 16.9 Å². The minimum absolute atomic E-state index is 0.163. The van der Waals surface area contributed by atoms with Crippen LogP contribution in [0.15, 0.2) is 38.7 Å². The summed E-state index contributed by atoms with van der Waals surface area (Å²) in [6.07, 6.45) is 0. The number of hydrogen-bond acceptors (Lipinski definition) is 5. The van der Waals surface area contributed by atoms with Crippen LogP contribution in [0, 0.1) is 0 Å². The van der Waals surface area contributed by atoms with E-state index in [1.807, 2.05) is 0 Å². The SMILES string of the molecule is Nc1cc(=O)[nH]c(SCc2ccc(C(=O)O)cc2Br)n1. The quantitative estimate of drug-likeness (QED) is 0.572. The van der Waals surface area contributed by atoms with Crippen LogP contribution < -0.4 is 11.3 Å². The Kier molecular flexibility index (Phi) is 4.46. The molecule has 1 heterocycles. The van der Waals surface area contributed by atoms with Crippen molar-refractivity contribution >= 4 is 39.5 Å². The van der Waals surface area contributed by atoms with Crippen LogP contribution >= 0.6 is 27.7 Å². The fraction of sp³-hybridized carbons (Fsp3) is 0.0833. The lowest BCUT2D eigenvalue weighted by molar-refractivity contribution is 0.0697. The fourth-order valence-electron chi connectivity index (χ4n) is 1.47. The largest absolute Gasteiger partial charge is 0.478 e. The van der Waals surface area contributed by atoms with Crippen LogP contribution in [0.4, 0.5) is 5.82 Å². The summed E-state index contributed by atoms with van der Waals surface area (Å²) in [6, 6.07) is 5.98. The van der Waals surface area contributed by atoms with Crippen LogP contribution in [0.25, 0.3) is 0 Å². The van der Waals surface area contributed by atoms with E-state index in [0.717, 1.165) is 5.56 Å². The van der Waals surface area contributed by atoms with Crippen LogP contribution in [0.3, 0.4) is 0 Å². The van der Waals surface area contributed by atoms with Gasteiger partial charge in [0.15, 0.2) is 5.16 Å². The molecule has 0 amide bonds. The summed E-state index contributed by atoms with van der Waals surface area (Å²) in [5.41, 5.74) is 6.29. The molecule has 0 aliphatic carbocycles. The predicted molar refractivity (Wildman–Crippen MR) is 79.9 cm³/mol. The van der Waals surface area contributed by atoms with E-state index in [1.54, 1.807) is 6.07 Å². The minimum Gasteiger partial charge on any atom is -0.478 e. The van der Waals surface area contributed by atoms with E-state index in [1.165, 1.54) is 30.0 Å². The second kappa shape index (κ2) is 6.10. The maximum atomic E-state index is 11.2. The zero-order valence-corrected chi connectivity index (χ0v) is 12.5. The molecule has 1 aromatic carbocycles. The first-order valence-electron chi connectivity index (χ1n) is 5.47. The maximum absolute atomic E-state index is 11.2. The molecule has 2 aromatic rings. The zero-order valence-electron chi connectivity index (χ0n) is 10.1. The molecule has 2 rings (SSSR count). The third kappa shape index (κ3) is 3.61. The van der Waals surface area contributed by atoms with Gasteiger partial charge < -0.3 is 15.8 Å². The lowest BCUT2D eigenvalue weighted by Crippen LogP contribution is -2.09. The van der Waals surface area contributed by atoms with E-state index in [2.05, 4.69) is 25.9 Å². The number of nitrogen functional groups attached to an aromatic ring is 1. The van der Waals surface area contributed by atoms with Crippen molar-refractivity contribution in [2.24, 2.45) is 0 Å². The van der Waals surface area contributed by atoms with E-state index >= 15 is 0 Å². The van der Waals surface area contributed by atoms with Crippen molar-refractivity contribution in [3.05, 3.63) is 50.2 Å². The average molecular weight is 356 g/mol. The molecule has 0 fully saturated rings. The molecule has 0 bridgehead atoms. The van der Waals surface area contributed by atoms with Crippen molar-refractivity contribution in [1.82, 2.24) is 9.97 Å². The topological polar surface area (TPSA) is 109 Å². The van der Waals surface area contributed by atoms with E-state index < -0.39 is 5.97 Å². The van der Waals surface area contributed by atoms with E-state index in [4.69, 9.17) is 10.8 Å². The van der Waals surface area contributed by atoms with Crippen molar-refractivity contribution < 1.29 is 9.90 Å². The van der Waals surface area contributed by atoms with Gasteiger partial charge in [-0.05, 0) is 17.7 Å². The molecule has 8 heteroatoms. The molecule has 0 radical (unpaired) electrons. The summed E-state index contributed by atoms with van der Waals surface area (Å²) >= 11 is 4.63. The van der Waals surface area contributed by atoms with Crippen LogP contribution in [0.2, 0.25) is 0 Å². The van der Waals surface area contributed by atoms with Crippen molar-refractivity contribution in [3.63, 3.8) is 0 Å². The molecule has 0 unspecified atom stereocenters. The Morgan fingerprint density at radius 2 is 2.20 bits per heavy atom. The number of carbonyl (C=O) groups is 1. The first kappa shape index (κ1) is 14.6. The number of thioether (sulfide) groups is 1. The number of nitrogens with two attached hydrogens (primary N) is 1. The van der Waals surface area contributed by atoms with Gasteiger partial charge in [-0.2, -0.15) is 0 Å². The molecule has 1 aromatic heterocycles. The summed E-state index contributed by atoms with van der Waals surface area (Å²) < 4.78 is 0.691. The normalized spacial score (nSPS) is 10.4. The van der Waals surface area contributed by atoms with Crippen LogP contribution in [-0.4, -0.2) is 21.0 Å². The highest BCUT2D eigenvalue weighted by atomic mass is 79.9. The predicted octanol–water partition coefficient (Wildman–Crippen LogP) is 2.11. The number of benzene rings is 1. The number of anilines is 1. The van der Waals surface area contributed by atoms with Crippen LogP contribution in [-0.2, 0) is 5.75 Å². The minimum atomic E-state index is -0.980. The van der Waals surface area contributed by atoms with Crippen molar-refractivity contribution in [1.29, 1.82) is 0 Å². The highest BCUT2D eigenvalue weighted by Gasteiger charge is 2.08. The van der Waals surface area contributed by atoms with E-state index in [0.29, 0.717) is 15.4 Å². The third-order valence-electron chi connectivity index (χ3n) is 2.40. The molecular formula is C12H10BrN3O3S. The summed E-state index contributed by atoms with van der Waals surface area (Å²) in [4.78, 5) is 28.6.